The van der Waals surface area contributed by atoms with Crippen molar-refractivity contribution in [3.63, 3.8) is 0 Å². The molecule has 1 amide bonds. The van der Waals surface area contributed by atoms with Crippen LogP contribution in [-0.4, -0.2) is 288 Å². The molecule has 108 heavy (non-hydrogen) atoms. The SMILES string of the molecule is CCCCCCCCCCCCNC(=O)C1O[C@@H](O[C@H]2CC[C@@]3(C)C(C2)[C@@](C)(C=O)C[C@]2(C)C3CC=C3C4CC(C)(C)CC[C@]4(C(=O)O[C@@H]4OC(C)[C@H](O)[C@H](O)C4O[C@@H]4OC(C)[C@H](O[C@@H]5OC[C@H](O)[C@H](C)C5O)[C@H](C)C4O)[C@H](O)C[C@]32C)C(O[C@@H]2OC(CO)[C@H](O)[C@H](O)C2O)[C@@H](O[C@@H]2OC[C@H](O)[C@H](O)C2O)[C@H]1O. The van der Waals surface area contributed by atoms with Crippen LogP contribution < -0.4 is 5.32 Å². The number of hydrogen-bond donors (Lipinski definition) is 15. The molecule has 11 aliphatic rings. The highest BCUT2D eigenvalue weighted by Gasteiger charge is 2.74. The number of unbranched alkanes of at least 4 members (excludes halogenated alkanes) is 9. The summed E-state index contributed by atoms with van der Waals surface area (Å²) in [5.41, 5.74) is -4.32. The van der Waals surface area contributed by atoms with Crippen molar-refractivity contribution in [2.24, 2.45) is 62.1 Å². The summed E-state index contributed by atoms with van der Waals surface area (Å²) < 4.78 is 75.0. The number of allylic oxidation sites excluding steroid dienone is 2. The van der Waals surface area contributed by atoms with E-state index in [2.05, 4.69) is 52.9 Å². The van der Waals surface area contributed by atoms with Crippen LogP contribution in [0.15, 0.2) is 11.6 Å². The molecule has 6 heterocycles. The maximum Gasteiger partial charge on any atom is 0.317 e. The zero-order valence-electron chi connectivity index (χ0n) is 64.9. The second-order valence-electron chi connectivity index (χ2n) is 35.8. The second-order valence-corrected chi connectivity index (χ2v) is 35.8. The fraction of sp³-hybridized carbons (Fsp3) is 0.936. The Balaban J connectivity index is 0.850. The molecule has 38 atom stereocenters. The number of aliphatic hydroxyl groups is 14. The maximum absolute atomic E-state index is 15.8. The number of amides is 1. The molecule has 6 aliphatic heterocycles. The summed E-state index contributed by atoms with van der Waals surface area (Å²) in [6, 6.07) is 0. The van der Waals surface area contributed by atoms with Crippen LogP contribution >= 0.6 is 0 Å². The minimum atomic E-state index is -2.00. The Morgan fingerprint density at radius 3 is 1.81 bits per heavy atom. The van der Waals surface area contributed by atoms with Crippen LogP contribution in [0.5, 0.6) is 0 Å². The summed E-state index contributed by atoms with van der Waals surface area (Å²) in [6.07, 6.45) is -26.2. The number of fused-ring (bicyclic) bond motifs is 7. The Morgan fingerprint density at radius 1 is 0.556 bits per heavy atom. The number of ether oxygens (including phenoxy) is 12. The highest BCUT2D eigenvalue weighted by atomic mass is 16.8. The Bertz CT molecular complexity index is 3030. The first-order valence-electron chi connectivity index (χ1n) is 40.2. The molecular weight excluding hydrogens is 1410 g/mol. The number of rotatable bonds is 26. The van der Waals surface area contributed by atoms with Gasteiger partial charge in [0.25, 0.3) is 5.91 Å². The first kappa shape index (κ1) is 86.2. The summed E-state index contributed by atoms with van der Waals surface area (Å²) in [7, 11) is 0. The van der Waals surface area contributed by atoms with Crippen molar-refractivity contribution in [1.29, 1.82) is 0 Å². The molecule has 30 heteroatoms. The van der Waals surface area contributed by atoms with E-state index in [1.165, 1.54) is 32.6 Å². The van der Waals surface area contributed by atoms with Crippen molar-refractivity contribution in [2.45, 2.75) is 370 Å². The van der Waals surface area contributed by atoms with Crippen LogP contribution in [0.3, 0.4) is 0 Å². The number of carbonyl (C=O) groups excluding carboxylic acids is 3. The second kappa shape index (κ2) is 34.7. The summed E-state index contributed by atoms with van der Waals surface area (Å²) in [5.74, 6) is -4.08. The Morgan fingerprint density at radius 2 is 1.15 bits per heavy atom. The Hall–Kier alpha value is -2.65. The topological polar surface area (TPSA) is 457 Å². The molecule has 13 unspecified atom stereocenters. The lowest BCUT2D eigenvalue weighted by molar-refractivity contribution is -0.388. The van der Waals surface area contributed by atoms with Gasteiger partial charge in [-0.15, -0.1) is 0 Å². The van der Waals surface area contributed by atoms with Crippen molar-refractivity contribution in [3.05, 3.63) is 11.6 Å². The van der Waals surface area contributed by atoms with Gasteiger partial charge in [0, 0.05) is 23.8 Å². The van der Waals surface area contributed by atoms with Crippen LogP contribution in [-0.2, 0) is 71.2 Å². The molecule has 4 saturated carbocycles. The van der Waals surface area contributed by atoms with Gasteiger partial charge < -0.3 is 138 Å². The van der Waals surface area contributed by atoms with E-state index in [9.17, 15) is 81.1 Å². The number of esters is 1. The van der Waals surface area contributed by atoms with Gasteiger partial charge in [-0.3, -0.25) is 9.59 Å². The zero-order chi connectivity index (χ0) is 78.7. The normalized spacial score (nSPS) is 50.2. The van der Waals surface area contributed by atoms with Gasteiger partial charge in [-0.25, -0.2) is 0 Å². The standard InChI is InChI=1S/C78H129NO29/c1-12-13-14-15-16-17-18-19-20-21-28-79-65(95)62-59(94)61(104-67-57(92)53(88)45(83)34-98-67)64(107-69-58(93)55(90)54(89)46(32-80)102-69)71(105-62)101-41-24-25-75(9)47-23-22-42-43-30-73(6,7)26-27-78(43,49(84)31-76(42,10)77(47,11)35-74(8,36-81)48(75)29-41)72(96)108-70-63(56(91)52(87)39(4)99-70)106-68-51(86)38(3)60(40(5)100-68)103-66-50(85)37(2)44(82)33-97-66/h22,36-41,43-64,66-71,80,82-94H,12-21,23-35H2,1-11H3,(H,79,95)/t37-,38+,39?,40?,41-,43?,44-,45-,46?,47?,48?,49+,50?,51?,52-,53-,54-,55-,56-,57?,58?,59+,60+,61-,62?,63?,64?,66-,67-,68-,69-,70-,71+,74+,75+,76+,77+,78+/m0/s1. The van der Waals surface area contributed by atoms with E-state index in [-0.39, 0.29) is 43.7 Å². The Kier molecular flexibility index (Phi) is 27.7. The Labute approximate surface area is 634 Å². The smallest absolute Gasteiger partial charge is 0.317 e. The van der Waals surface area contributed by atoms with Crippen molar-refractivity contribution in [3.8, 4) is 0 Å². The first-order valence-corrected chi connectivity index (χ1v) is 40.2. The highest BCUT2D eigenvalue weighted by Crippen LogP contribution is 2.77. The van der Waals surface area contributed by atoms with Gasteiger partial charge >= 0.3 is 5.97 Å². The van der Waals surface area contributed by atoms with E-state index < -0.39 is 248 Å². The molecule has 6 saturated heterocycles. The minimum absolute atomic E-state index is 0.0758. The monoisotopic (exact) mass is 1540 g/mol. The van der Waals surface area contributed by atoms with E-state index in [0.29, 0.717) is 44.9 Å². The zero-order valence-corrected chi connectivity index (χ0v) is 64.9. The fourth-order valence-electron chi connectivity index (χ4n) is 21.2. The van der Waals surface area contributed by atoms with E-state index in [0.717, 1.165) is 44.0 Å². The average molecular weight is 1540 g/mol. The summed E-state index contributed by atoms with van der Waals surface area (Å²) in [6.45, 7) is 20.2. The van der Waals surface area contributed by atoms with Crippen molar-refractivity contribution in [1.82, 2.24) is 5.32 Å². The fourth-order valence-corrected chi connectivity index (χ4v) is 21.2. The van der Waals surface area contributed by atoms with Gasteiger partial charge in [0.05, 0.1) is 56.4 Å². The number of carbonyl (C=O) groups is 3. The lowest BCUT2D eigenvalue weighted by atomic mass is 9.32. The number of nitrogens with one attached hydrogen (secondary N) is 1. The van der Waals surface area contributed by atoms with Crippen LogP contribution in [0.1, 0.15) is 198 Å². The van der Waals surface area contributed by atoms with Gasteiger partial charge in [-0.2, -0.15) is 0 Å². The quantitative estimate of drug-likeness (QED) is 0.0193. The van der Waals surface area contributed by atoms with Crippen LogP contribution in [0, 0.1) is 62.1 Å². The molecule has 0 spiro atoms. The van der Waals surface area contributed by atoms with E-state index in [4.69, 9.17) is 56.8 Å². The predicted molar refractivity (Wildman–Crippen MR) is 379 cm³/mol. The van der Waals surface area contributed by atoms with Crippen molar-refractivity contribution >= 4 is 18.2 Å². The lowest BCUT2D eigenvalue weighted by Gasteiger charge is -2.72. The van der Waals surface area contributed by atoms with Gasteiger partial charge in [0.2, 0.25) is 6.29 Å². The molecule has 0 bridgehead atoms. The third-order valence-corrected chi connectivity index (χ3v) is 28.1. The molecule has 15 N–H and O–H groups in total. The summed E-state index contributed by atoms with van der Waals surface area (Å²) in [5, 5.41) is 161. The van der Waals surface area contributed by atoms with Gasteiger partial charge in [-0.1, -0.05) is 132 Å². The van der Waals surface area contributed by atoms with Crippen LogP contribution in [0.2, 0.25) is 0 Å². The van der Waals surface area contributed by atoms with Gasteiger partial charge in [0.15, 0.2) is 43.7 Å². The van der Waals surface area contributed by atoms with Gasteiger partial charge in [0.1, 0.15) is 97.2 Å². The van der Waals surface area contributed by atoms with Crippen molar-refractivity contribution < 1.29 is 143 Å². The summed E-state index contributed by atoms with van der Waals surface area (Å²) in [4.78, 5) is 44.8. The number of aliphatic hydroxyl groups excluding tert-OH is 14. The molecule has 5 aliphatic carbocycles. The molecule has 10 fully saturated rings. The van der Waals surface area contributed by atoms with Crippen LogP contribution in [0.25, 0.3) is 0 Å². The van der Waals surface area contributed by atoms with Crippen molar-refractivity contribution in [2.75, 3.05) is 26.4 Å². The molecule has 0 aromatic rings. The molecule has 0 aromatic carbocycles. The third-order valence-electron chi connectivity index (χ3n) is 28.1. The maximum atomic E-state index is 15.8. The summed E-state index contributed by atoms with van der Waals surface area (Å²) >= 11 is 0. The molecular formula is C78H129NO29. The molecule has 11 rings (SSSR count). The first-order chi connectivity index (χ1) is 51.0. The number of hydrogen-bond acceptors (Lipinski definition) is 29. The van der Waals surface area contributed by atoms with E-state index in [1.54, 1.807) is 20.8 Å². The molecule has 620 valence electrons. The van der Waals surface area contributed by atoms with Gasteiger partial charge in [-0.05, 0) is 117 Å². The third kappa shape index (κ3) is 16.5. The van der Waals surface area contributed by atoms with Crippen LogP contribution in [0.4, 0.5) is 0 Å². The predicted octanol–water partition coefficient (Wildman–Crippen LogP) is 1.69. The van der Waals surface area contributed by atoms with E-state index >= 15 is 4.79 Å². The molecule has 0 radical (unpaired) electrons. The van der Waals surface area contributed by atoms with E-state index in [1.807, 2.05) is 6.92 Å². The molecule has 0 aromatic heterocycles. The largest absolute Gasteiger partial charge is 0.432 e. The average Bonchev–Trinajstić information content (AvgIpc) is 0.666. The highest BCUT2D eigenvalue weighted by molar-refractivity contribution is 5.82. The number of aldehydes is 1. The minimum Gasteiger partial charge on any atom is -0.432 e. The lowest BCUT2D eigenvalue weighted by Crippen LogP contribution is -2.69. The molecule has 30 nitrogen and oxygen atoms in total.